The van der Waals surface area contributed by atoms with Gasteiger partial charge in [-0.3, -0.25) is 14.3 Å². The quantitative estimate of drug-likeness (QED) is 0.718. The molecule has 0 radical (unpaired) electrons. The van der Waals surface area contributed by atoms with E-state index in [1.54, 1.807) is 13.8 Å². The first-order chi connectivity index (χ1) is 9.41. The van der Waals surface area contributed by atoms with Crippen molar-refractivity contribution in [2.24, 2.45) is 0 Å². The van der Waals surface area contributed by atoms with E-state index in [2.05, 4.69) is 4.98 Å². The molecule has 2 saturated heterocycles. The second-order valence-corrected chi connectivity index (χ2v) is 5.33. The van der Waals surface area contributed by atoms with Crippen LogP contribution in [-0.4, -0.2) is 45.4 Å². The van der Waals surface area contributed by atoms with Gasteiger partial charge in [0.2, 0.25) is 0 Å². The van der Waals surface area contributed by atoms with Crippen LogP contribution in [0.15, 0.2) is 21.9 Å². The van der Waals surface area contributed by atoms with E-state index in [4.69, 9.17) is 14.2 Å². The smallest absolute Gasteiger partial charge is 0.330 e. The number of fused-ring (bicyclic) bond motifs is 1. The topological polar surface area (TPSA) is 103 Å². The summed E-state index contributed by atoms with van der Waals surface area (Å²) in [5.74, 6) is -0.809. The lowest BCUT2D eigenvalue weighted by Crippen LogP contribution is -2.37. The summed E-state index contributed by atoms with van der Waals surface area (Å²) in [6.45, 7) is 3.27. The lowest BCUT2D eigenvalue weighted by atomic mass is 10.1. The van der Waals surface area contributed by atoms with Crippen molar-refractivity contribution >= 4 is 0 Å². The lowest BCUT2D eigenvalue weighted by Gasteiger charge is -2.24. The molecular weight excluding hydrogens is 268 g/mol. The van der Waals surface area contributed by atoms with E-state index in [1.807, 2.05) is 0 Å². The van der Waals surface area contributed by atoms with Crippen LogP contribution in [0.4, 0.5) is 0 Å². The SMILES string of the molecule is CC1(C)O[C@@H]2[C@H](O1)[C@@H](CO)O[C@@H]2n1ccc(=O)[nH]c1=O. The molecule has 20 heavy (non-hydrogen) atoms. The van der Waals surface area contributed by atoms with E-state index in [9.17, 15) is 14.7 Å². The molecule has 8 heteroatoms. The van der Waals surface area contributed by atoms with E-state index < -0.39 is 41.6 Å². The molecular formula is C12H16N2O6. The van der Waals surface area contributed by atoms with E-state index in [0.717, 1.165) is 0 Å². The van der Waals surface area contributed by atoms with Gasteiger partial charge in [-0.15, -0.1) is 0 Å². The van der Waals surface area contributed by atoms with E-state index >= 15 is 0 Å². The van der Waals surface area contributed by atoms with E-state index in [-0.39, 0.29) is 6.61 Å². The second-order valence-electron chi connectivity index (χ2n) is 5.33. The normalized spacial score (nSPS) is 35.1. The first-order valence-electron chi connectivity index (χ1n) is 6.35. The molecule has 1 aromatic rings. The Labute approximate surface area is 113 Å². The summed E-state index contributed by atoms with van der Waals surface area (Å²) in [7, 11) is 0. The third-order valence-electron chi connectivity index (χ3n) is 3.43. The van der Waals surface area contributed by atoms with Gasteiger partial charge in [-0.1, -0.05) is 0 Å². The Morgan fingerprint density at radius 3 is 2.70 bits per heavy atom. The van der Waals surface area contributed by atoms with Crippen molar-refractivity contribution in [2.45, 2.75) is 44.2 Å². The Morgan fingerprint density at radius 2 is 2.05 bits per heavy atom. The first kappa shape index (κ1) is 13.5. The number of aliphatic hydroxyl groups is 1. The van der Waals surface area contributed by atoms with Crippen LogP contribution in [0.1, 0.15) is 20.1 Å². The Hall–Kier alpha value is -1.48. The number of H-pyrrole nitrogens is 1. The Balaban J connectivity index is 1.98. The molecule has 8 nitrogen and oxygen atoms in total. The van der Waals surface area contributed by atoms with Crippen molar-refractivity contribution in [3.63, 3.8) is 0 Å². The van der Waals surface area contributed by atoms with Crippen LogP contribution < -0.4 is 11.2 Å². The molecule has 0 spiro atoms. The number of rotatable bonds is 2. The predicted molar refractivity (Wildman–Crippen MR) is 66.1 cm³/mol. The zero-order valence-corrected chi connectivity index (χ0v) is 11.1. The summed E-state index contributed by atoms with van der Waals surface area (Å²) in [6.07, 6.45) is -0.962. The number of aliphatic hydroxyl groups excluding tert-OH is 1. The maximum absolute atomic E-state index is 11.8. The van der Waals surface area contributed by atoms with Crippen LogP contribution in [-0.2, 0) is 14.2 Å². The van der Waals surface area contributed by atoms with E-state index in [1.165, 1.54) is 16.8 Å². The molecule has 4 atom stereocenters. The first-order valence-corrected chi connectivity index (χ1v) is 6.35. The van der Waals surface area contributed by atoms with Gasteiger partial charge >= 0.3 is 5.69 Å². The fraction of sp³-hybridized carbons (Fsp3) is 0.667. The molecule has 0 unspecified atom stereocenters. The Bertz CT molecular complexity index is 621. The molecule has 1 aromatic heterocycles. The highest BCUT2D eigenvalue weighted by molar-refractivity contribution is 4.98. The molecule has 110 valence electrons. The molecule has 2 N–H and O–H groups in total. The number of nitrogens with one attached hydrogen (secondary N) is 1. The molecule has 0 aliphatic carbocycles. The molecule has 3 heterocycles. The van der Waals surface area contributed by atoms with Gasteiger partial charge in [-0.2, -0.15) is 0 Å². The summed E-state index contributed by atoms with van der Waals surface area (Å²) in [5.41, 5.74) is -1.07. The standard InChI is InChI=1S/C12H16N2O6/c1-12(2)19-8-6(5-15)18-10(9(8)20-12)14-4-3-7(16)13-11(14)17/h3-4,6,8-10,15H,5H2,1-2H3,(H,13,16,17)/t6-,8-,9-,10+/m1/s1. The number of ether oxygens (including phenoxy) is 3. The molecule has 3 rings (SSSR count). The van der Waals surface area contributed by atoms with Crippen molar-refractivity contribution in [3.8, 4) is 0 Å². The van der Waals surface area contributed by atoms with Crippen LogP contribution in [0.25, 0.3) is 0 Å². The van der Waals surface area contributed by atoms with Gasteiger partial charge in [0, 0.05) is 12.3 Å². The monoisotopic (exact) mass is 284 g/mol. The van der Waals surface area contributed by atoms with Crippen LogP contribution in [0.2, 0.25) is 0 Å². The Morgan fingerprint density at radius 1 is 1.35 bits per heavy atom. The zero-order chi connectivity index (χ0) is 14.5. The molecule has 0 amide bonds. The minimum absolute atomic E-state index is 0.241. The minimum atomic E-state index is -0.809. The summed E-state index contributed by atoms with van der Waals surface area (Å²) in [5, 5.41) is 9.36. The number of aromatic amines is 1. The number of hydrogen-bond acceptors (Lipinski definition) is 6. The number of aromatic nitrogens is 2. The van der Waals surface area contributed by atoms with Gasteiger partial charge in [0.15, 0.2) is 12.0 Å². The Kier molecular flexibility index (Phi) is 3.05. The lowest BCUT2D eigenvalue weighted by molar-refractivity contribution is -0.200. The largest absolute Gasteiger partial charge is 0.394 e. The zero-order valence-electron chi connectivity index (χ0n) is 11.1. The van der Waals surface area contributed by atoms with Gasteiger partial charge in [0.05, 0.1) is 6.61 Å². The average molecular weight is 284 g/mol. The molecule has 2 aliphatic heterocycles. The fourth-order valence-electron chi connectivity index (χ4n) is 2.66. The van der Waals surface area contributed by atoms with Gasteiger partial charge in [-0.05, 0) is 13.8 Å². The third kappa shape index (κ3) is 2.10. The highest BCUT2D eigenvalue weighted by atomic mass is 16.8. The van der Waals surface area contributed by atoms with Crippen LogP contribution >= 0.6 is 0 Å². The predicted octanol–water partition coefficient (Wildman–Crippen LogP) is -1.05. The van der Waals surface area contributed by atoms with Gasteiger partial charge < -0.3 is 19.3 Å². The third-order valence-corrected chi connectivity index (χ3v) is 3.43. The molecule has 0 saturated carbocycles. The van der Waals surface area contributed by atoms with Gasteiger partial charge in [0.1, 0.15) is 18.3 Å². The highest BCUT2D eigenvalue weighted by Gasteiger charge is 2.55. The maximum atomic E-state index is 11.8. The highest BCUT2D eigenvalue weighted by Crippen LogP contribution is 2.42. The van der Waals surface area contributed by atoms with Crippen molar-refractivity contribution in [3.05, 3.63) is 33.1 Å². The van der Waals surface area contributed by atoms with Crippen molar-refractivity contribution in [1.29, 1.82) is 0 Å². The summed E-state index contributed by atoms with van der Waals surface area (Å²) in [4.78, 5) is 25.1. The molecule has 2 aliphatic rings. The van der Waals surface area contributed by atoms with Crippen molar-refractivity contribution < 1.29 is 19.3 Å². The van der Waals surface area contributed by atoms with Crippen molar-refractivity contribution in [2.75, 3.05) is 6.61 Å². The van der Waals surface area contributed by atoms with E-state index in [0.29, 0.717) is 0 Å². The summed E-state index contributed by atoms with van der Waals surface area (Å²) < 4.78 is 18.3. The number of hydrogen-bond donors (Lipinski definition) is 2. The maximum Gasteiger partial charge on any atom is 0.330 e. The van der Waals surface area contributed by atoms with Crippen LogP contribution in [0.5, 0.6) is 0 Å². The van der Waals surface area contributed by atoms with Gasteiger partial charge in [-0.25, -0.2) is 4.79 Å². The molecule has 2 fully saturated rings. The molecule has 0 bridgehead atoms. The van der Waals surface area contributed by atoms with Crippen molar-refractivity contribution in [1.82, 2.24) is 9.55 Å². The molecule has 0 aromatic carbocycles. The fourth-order valence-corrected chi connectivity index (χ4v) is 2.66. The van der Waals surface area contributed by atoms with Crippen LogP contribution in [0, 0.1) is 0 Å². The minimum Gasteiger partial charge on any atom is -0.394 e. The summed E-state index contributed by atoms with van der Waals surface area (Å²) >= 11 is 0. The van der Waals surface area contributed by atoms with Gasteiger partial charge in [0.25, 0.3) is 5.56 Å². The average Bonchev–Trinajstić information content (AvgIpc) is 2.83. The summed E-state index contributed by atoms with van der Waals surface area (Å²) in [6, 6.07) is 1.23. The number of nitrogens with zero attached hydrogens (tertiary/aromatic N) is 1. The van der Waals surface area contributed by atoms with Crippen LogP contribution in [0.3, 0.4) is 0 Å². The second kappa shape index (κ2) is 4.52.